The van der Waals surface area contributed by atoms with Crippen LogP contribution in [0.15, 0.2) is 23.0 Å². The summed E-state index contributed by atoms with van der Waals surface area (Å²) in [7, 11) is 0. The number of carbonyl (C=O) groups is 1. The fourth-order valence-corrected chi connectivity index (χ4v) is 5.09. The van der Waals surface area contributed by atoms with E-state index in [2.05, 4.69) is 31.0 Å². The summed E-state index contributed by atoms with van der Waals surface area (Å²) in [5, 5.41) is 3.72. The van der Waals surface area contributed by atoms with E-state index in [1.807, 2.05) is 39.0 Å². The van der Waals surface area contributed by atoms with Gasteiger partial charge in [-0.1, -0.05) is 39.0 Å². The van der Waals surface area contributed by atoms with Crippen LogP contribution in [0.4, 0.5) is 5.69 Å². The number of fused-ring (bicyclic) bond motifs is 1. The van der Waals surface area contributed by atoms with Crippen LogP contribution in [0.3, 0.4) is 0 Å². The number of nitrogens with one attached hydrogen (secondary N) is 1. The third kappa shape index (κ3) is 4.50. The minimum Gasteiger partial charge on any atom is -0.324 e. The number of benzene rings is 1. The van der Waals surface area contributed by atoms with Crippen molar-refractivity contribution in [1.82, 2.24) is 14.5 Å². The van der Waals surface area contributed by atoms with Gasteiger partial charge in [0, 0.05) is 10.6 Å². The molecule has 0 aliphatic heterocycles. The predicted octanol–water partition coefficient (Wildman–Crippen LogP) is 4.99. The average molecular weight is 455 g/mol. The van der Waals surface area contributed by atoms with Crippen LogP contribution in [0.5, 0.6) is 0 Å². The molecule has 1 atom stereocenters. The molecule has 32 heavy (non-hydrogen) atoms. The molecule has 0 bridgehead atoms. The van der Waals surface area contributed by atoms with Crippen molar-refractivity contribution in [2.75, 3.05) is 18.4 Å². The standard InChI is InChI=1S/C25H34N4O2S/c1-8-19-13-11-12-15(4)22(19)27-23(30)17(6)29-20(14-28(9-2)10-3)26-24-21(25(29)31)16(5)18(7)32-24/h11-13,17H,8-10,14H2,1-7H3,(H,27,30). The third-order valence-electron chi connectivity index (χ3n) is 6.32. The fourth-order valence-electron chi connectivity index (χ4n) is 4.05. The zero-order valence-electron chi connectivity index (χ0n) is 20.2. The number of nitrogens with zero attached hydrogens (tertiary/aromatic N) is 3. The number of aromatic nitrogens is 2. The molecule has 3 aromatic rings. The molecule has 0 spiro atoms. The van der Waals surface area contributed by atoms with E-state index in [0.717, 1.165) is 51.6 Å². The average Bonchev–Trinajstić information content (AvgIpc) is 3.06. The molecule has 1 amide bonds. The van der Waals surface area contributed by atoms with Gasteiger partial charge in [0.1, 0.15) is 16.7 Å². The Balaban J connectivity index is 2.11. The maximum atomic E-state index is 13.7. The lowest BCUT2D eigenvalue weighted by atomic mass is 10.1. The Morgan fingerprint density at radius 2 is 1.88 bits per heavy atom. The number of carbonyl (C=O) groups excluding carboxylic acids is 1. The quantitative estimate of drug-likeness (QED) is 0.521. The molecule has 0 saturated heterocycles. The van der Waals surface area contributed by atoms with Gasteiger partial charge in [-0.3, -0.25) is 19.1 Å². The van der Waals surface area contributed by atoms with E-state index < -0.39 is 6.04 Å². The van der Waals surface area contributed by atoms with Crippen molar-refractivity contribution in [2.45, 2.75) is 67.5 Å². The first-order valence-electron chi connectivity index (χ1n) is 11.4. The van der Waals surface area contributed by atoms with Gasteiger partial charge in [0.25, 0.3) is 5.56 Å². The SMILES string of the molecule is CCc1cccc(C)c1NC(=O)C(C)n1c(CN(CC)CC)nc2sc(C)c(C)c2c1=O. The Hall–Kier alpha value is -2.51. The van der Waals surface area contributed by atoms with E-state index in [1.165, 1.54) is 0 Å². The summed E-state index contributed by atoms with van der Waals surface area (Å²) in [6.07, 6.45) is 0.819. The molecule has 2 aromatic heterocycles. The van der Waals surface area contributed by atoms with Gasteiger partial charge in [-0.2, -0.15) is 0 Å². The van der Waals surface area contributed by atoms with E-state index in [4.69, 9.17) is 4.98 Å². The highest BCUT2D eigenvalue weighted by Gasteiger charge is 2.25. The van der Waals surface area contributed by atoms with Crippen molar-refractivity contribution >= 4 is 33.1 Å². The van der Waals surface area contributed by atoms with Gasteiger partial charge in [0.05, 0.1) is 11.9 Å². The van der Waals surface area contributed by atoms with Gasteiger partial charge < -0.3 is 5.32 Å². The van der Waals surface area contributed by atoms with Gasteiger partial charge >= 0.3 is 0 Å². The van der Waals surface area contributed by atoms with Crippen molar-refractivity contribution in [3.8, 4) is 0 Å². The molecular formula is C25H34N4O2S. The third-order valence-corrected chi connectivity index (χ3v) is 7.42. The molecule has 0 saturated carbocycles. The van der Waals surface area contributed by atoms with E-state index in [0.29, 0.717) is 17.8 Å². The lowest BCUT2D eigenvalue weighted by Gasteiger charge is -2.24. The number of aryl methyl sites for hydroxylation is 4. The van der Waals surface area contributed by atoms with Gasteiger partial charge in [0.2, 0.25) is 5.91 Å². The monoisotopic (exact) mass is 454 g/mol. The highest BCUT2D eigenvalue weighted by molar-refractivity contribution is 7.18. The highest BCUT2D eigenvalue weighted by Crippen LogP contribution is 2.28. The Bertz CT molecular complexity index is 1190. The summed E-state index contributed by atoms with van der Waals surface area (Å²) in [5.41, 5.74) is 3.74. The van der Waals surface area contributed by atoms with E-state index in [-0.39, 0.29) is 11.5 Å². The highest BCUT2D eigenvalue weighted by atomic mass is 32.1. The molecule has 2 heterocycles. The summed E-state index contributed by atoms with van der Waals surface area (Å²) in [4.78, 5) is 36.0. The molecule has 3 rings (SSSR count). The number of para-hydroxylation sites is 1. The first kappa shape index (κ1) is 24.1. The predicted molar refractivity (Wildman–Crippen MR) is 134 cm³/mol. The Morgan fingerprint density at radius 1 is 1.19 bits per heavy atom. The number of hydrogen-bond acceptors (Lipinski definition) is 5. The first-order valence-corrected chi connectivity index (χ1v) is 12.2. The van der Waals surface area contributed by atoms with Crippen molar-refractivity contribution in [3.05, 3.63) is 55.9 Å². The molecular weight excluding hydrogens is 420 g/mol. The number of rotatable bonds is 8. The van der Waals surface area contributed by atoms with E-state index in [9.17, 15) is 9.59 Å². The summed E-state index contributed by atoms with van der Waals surface area (Å²) in [5.74, 6) is 0.429. The van der Waals surface area contributed by atoms with Crippen LogP contribution in [-0.4, -0.2) is 33.4 Å². The second-order valence-electron chi connectivity index (χ2n) is 8.26. The molecule has 0 aliphatic carbocycles. The topological polar surface area (TPSA) is 67.2 Å². The zero-order valence-corrected chi connectivity index (χ0v) is 21.0. The van der Waals surface area contributed by atoms with Crippen LogP contribution in [0.25, 0.3) is 10.2 Å². The number of anilines is 1. The van der Waals surface area contributed by atoms with Gasteiger partial charge in [-0.25, -0.2) is 4.98 Å². The molecule has 1 N–H and O–H groups in total. The lowest BCUT2D eigenvalue weighted by Crippen LogP contribution is -2.37. The fraction of sp³-hybridized carbons (Fsp3) is 0.480. The maximum Gasteiger partial charge on any atom is 0.263 e. The normalized spacial score (nSPS) is 12.5. The largest absolute Gasteiger partial charge is 0.324 e. The summed E-state index contributed by atoms with van der Waals surface area (Å²) < 4.78 is 1.60. The first-order chi connectivity index (χ1) is 15.2. The lowest BCUT2D eigenvalue weighted by molar-refractivity contribution is -0.119. The van der Waals surface area contributed by atoms with Gasteiger partial charge in [-0.05, 0) is 63.9 Å². The Labute approximate surface area is 194 Å². The van der Waals surface area contributed by atoms with Crippen LogP contribution >= 0.6 is 11.3 Å². The van der Waals surface area contributed by atoms with E-state index >= 15 is 0 Å². The number of thiophene rings is 1. The Kier molecular flexibility index (Phi) is 7.51. The molecule has 1 unspecified atom stereocenters. The minimum absolute atomic E-state index is 0.137. The summed E-state index contributed by atoms with van der Waals surface area (Å²) in [6, 6.07) is 5.33. The van der Waals surface area contributed by atoms with Crippen LogP contribution in [0.1, 0.15) is 61.1 Å². The van der Waals surface area contributed by atoms with Gasteiger partial charge in [-0.15, -0.1) is 11.3 Å². The van der Waals surface area contributed by atoms with Crippen LogP contribution < -0.4 is 10.9 Å². The molecule has 0 radical (unpaired) electrons. The molecule has 6 nitrogen and oxygen atoms in total. The van der Waals surface area contributed by atoms with E-state index in [1.54, 1.807) is 22.8 Å². The molecule has 0 aliphatic rings. The summed E-state index contributed by atoms with van der Waals surface area (Å²) >= 11 is 1.54. The molecule has 7 heteroatoms. The van der Waals surface area contributed by atoms with Crippen LogP contribution in [0.2, 0.25) is 0 Å². The molecule has 0 fully saturated rings. The minimum atomic E-state index is -0.686. The van der Waals surface area contributed by atoms with Crippen LogP contribution in [0, 0.1) is 20.8 Å². The Morgan fingerprint density at radius 3 is 2.50 bits per heavy atom. The van der Waals surface area contributed by atoms with Crippen molar-refractivity contribution < 1.29 is 4.79 Å². The smallest absolute Gasteiger partial charge is 0.263 e. The second kappa shape index (κ2) is 9.96. The molecule has 172 valence electrons. The van der Waals surface area contributed by atoms with Crippen molar-refractivity contribution in [2.24, 2.45) is 0 Å². The van der Waals surface area contributed by atoms with Crippen LogP contribution in [-0.2, 0) is 17.8 Å². The van der Waals surface area contributed by atoms with Crippen molar-refractivity contribution in [3.63, 3.8) is 0 Å². The summed E-state index contributed by atoms with van der Waals surface area (Å²) in [6.45, 7) is 16.2. The second-order valence-corrected chi connectivity index (χ2v) is 9.46. The maximum absolute atomic E-state index is 13.7. The molecule has 1 aromatic carbocycles. The van der Waals surface area contributed by atoms with Gasteiger partial charge in [0.15, 0.2) is 0 Å². The zero-order chi connectivity index (χ0) is 23.6. The van der Waals surface area contributed by atoms with Crippen molar-refractivity contribution in [1.29, 1.82) is 0 Å². The number of amides is 1. The number of hydrogen-bond donors (Lipinski definition) is 1.